The summed E-state index contributed by atoms with van der Waals surface area (Å²) in [6.45, 7) is 1.98. The lowest BCUT2D eigenvalue weighted by atomic mass is 10.0. The molecule has 7 heteroatoms. The van der Waals surface area contributed by atoms with Gasteiger partial charge in [-0.15, -0.1) is 11.3 Å². The topological polar surface area (TPSA) is 57.7 Å². The number of carbonyl (C=O) groups is 1. The van der Waals surface area contributed by atoms with E-state index in [1.807, 2.05) is 4.90 Å². The van der Waals surface area contributed by atoms with Crippen LogP contribution in [0.3, 0.4) is 0 Å². The minimum Gasteiger partial charge on any atom is -0.341 e. The summed E-state index contributed by atoms with van der Waals surface area (Å²) >= 11 is 1.22. The van der Waals surface area contributed by atoms with Crippen molar-refractivity contribution >= 4 is 27.3 Å². The summed E-state index contributed by atoms with van der Waals surface area (Å²) in [6.07, 6.45) is 5.59. The molecule has 1 atom stereocenters. The van der Waals surface area contributed by atoms with E-state index < -0.39 is 16.1 Å². The first-order valence-corrected chi connectivity index (χ1v) is 10.3. The van der Waals surface area contributed by atoms with Crippen LogP contribution in [0.4, 0.5) is 0 Å². The Morgan fingerprint density at radius 2 is 1.82 bits per heavy atom. The highest BCUT2D eigenvalue weighted by Gasteiger charge is 2.39. The van der Waals surface area contributed by atoms with Crippen molar-refractivity contribution in [3.63, 3.8) is 0 Å². The quantitative estimate of drug-likeness (QED) is 0.847. The SMILES string of the molecule is O=C(C1CCCCN1S(=O)(=O)c1cccs1)N1CCCCC1. The van der Waals surface area contributed by atoms with Crippen molar-refractivity contribution < 1.29 is 13.2 Å². The van der Waals surface area contributed by atoms with Crippen molar-refractivity contribution in [3.8, 4) is 0 Å². The fraction of sp³-hybridized carbons (Fsp3) is 0.667. The molecule has 2 saturated heterocycles. The standard InChI is InChI=1S/C15H22N2O3S2/c18-15(16-9-3-1-4-10-16)13-7-2-5-11-17(13)22(19,20)14-8-6-12-21-14/h6,8,12-13H,1-5,7,9-11H2. The van der Waals surface area contributed by atoms with Gasteiger partial charge in [0.1, 0.15) is 10.3 Å². The summed E-state index contributed by atoms with van der Waals surface area (Å²) in [5, 5.41) is 1.76. The highest BCUT2D eigenvalue weighted by molar-refractivity contribution is 7.91. The van der Waals surface area contributed by atoms with E-state index in [4.69, 9.17) is 0 Å². The van der Waals surface area contributed by atoms with Crippen LogP contribution >= 0.6 is 11.3 Å². The second-order valence-corrected chi connectivity index (χ2v) is 9.01. The molecule has 1 aromatic heterocycles. The zero-order valence-electron chi connectivity index (χ0n) is 12.6. The van der Waals surface area contributed by atoms with E-state index in [0.29, 0.717) is 17.2 Å². The number of amides is 1. The van der Waals surface area contributed by atoms with Gasteiger partial charge in [0, 0.05) is 19.6 Å². The molecule has 0 saturated carbocycles. The van der Waals surface area contributed by atoms with Gasteiger partial charge in [0.2, 0.25) is 5.91 Å². The number of carbonyl (C=O) groups excluding carboxylic acids is 1. The molecule has 1 amide bonds. The molecule has 3 heterocycles. The van der Waals surface area contributed by atoms with Crippen LogP contribution in [0.1, 0.15) is 38.5 Å². The average Bonchev–Trinajstić information content (AvgIpc) is 3.10. The number of piperidine rings is 2. The molecular formula is C15H22N2O3S2. The Morgan fingerprint density at radius 3 is 2.50 bits per heavy atom. The fourth-order valence-electron chi connectivity index (χ4n) is 3.29. The molecule has 122 valence electrons. The molecule has 0 aromatic carbocycles. The normalized spacial score (nSPS) is 24.4. The van der Waals surface area contributed by atoms with Crippen LogP contribution in [0.25, 0.3) is 0 Å². The smallest absolute Gasteiger partial charge is 0.253 e. The van der Waals surface area contributed by atoms with Crippen molar-refractivity contribution in [1.29, 1.82) is 0 Å². The Balaban J connectivity index is 1.83. The molecule has 0 aliphatic carbocycles. The minimum absolute atomic E-state index is 0.000434. The molecule has 0 bridgehead atoms. The zero-order valence-corrected chi connectivity index (χ0v) is 14.2. The predicted molar refractivity (Wildman–Crippen MR) is 86.3 cm³/mol. The lowest BCUT2D eigenvalue weighted by Crippen LogP contribution is -2.53. The maximum absolute atomic E-state index is 12.8. The lowest BCUT2D eigenvalue weighted by Gasteiger charge is -2.37. The van der Waals surface area contributed by atoms with Gasteiger partial charge in [-0.1, -0.05) is 12.5 Å². The van der Waals surface area contributed by atoms with E-state index >= 15 is 0 Å². The first-order chi connectivity index (χ1) is 10.6. The van der Waals surface area contributed by atoms with E-state index in [9.17, 15) is 13.2 Å². The van der Waals surface area contributed by atoms with Gasteiger partial charge in [0.25, 0.3) is 10.0 Å². The molecule has 2 aliphatic rings. The van der Waals surface area contributed by atoms with Crippen LogP contribution in [0.5, 0.6) is 0 Å². The molecule has 0 radical (unpaired) electrons. The number of rotatable bonds is 3. The van der Waals surface area contributed by atoms with Crippen LogP contribution in [0.15, 0.2) is 21.7 Å². The first kappa shape index (κ1) is 16.0. The number of thiophene rings is 1. The monoisotopic (exact) mass is 342 g/mol. The molecule has 1 unspecified atom stereocenters. The van der Waals surface area contributed by atoms with Gasteiger partial charge in [0.05, 0.1) is 0 Å². The maximum Gasteiger partial charge on any atom is 0.253 e. The van der Waals surface area contributed by atoms with Gasteiger partial charge in [-0.05, 0) is 43.6 Å². The Morgan fingerprint density at radius 1 is 1.09 bits per heavy atom. The van der Waals surface area contributed by atoms with E-state index in [-0.39, 0.29) is 5.91 Å². The minimum atomic E-state index is -3.55. The maximum atomic E-state index is 12.8. The zero-order chi connectivity index (χ0) is 15.6. The third-order valence-corrected chi connectivity index (χ3v) is 7.75. The Bertz CT molecular complexity index is 607. The van der Waals surface area contributed by atoms with Crippen molar-refractivity contribution in [3.05, 3.63) is 17.5 Å². The molecular weight excluding hydrogens is 320 g/mol. The molecule has 2 aliphatic heterocycles. The number of sulfonamides is 1. The Hall–Kier alpha value is -0.920. The van der Waals surface area contributed by atoms with Gasteiger partial charge in [-0.3, -0.25) is 4.79 Å². The van der Waals surface area contributed by atoms with E-state index in [1.165, 1.54) is 15.6 Å². The van der Waals surface area contributed by atoms with E-state index in [2.05, 4.69) is 0 Å². The Kier molecular flexibility index (Phi) is 4.84. The average molecular weight is 342 g/mol. The molecule has 0 spiro atoms. The van der Waals surface area contributed by atoms with Crippen LogP contribution in [-0.2, 0) is 14.8 Å². The summed E-state index contributed by atoms with van der Waals surface area (Å²) in [7, 11) is -3.55. The van der Waals surface area contributed by atoms with Crippen molar-refractivity contribution in [1.82, 2.24) is 9.21 Å². The molecule has 0 N–H and O–H groups in total. The third-order valence-electron chi connectivity index (χ3n) is 4.46. The predicted octanol–water partition coefficient (Wildman–Crippen LogP) is 2.30. The largest absolute Gasteiger partial charge is 0.341 e. The van der Waals surface area contributed by atoms with Crippen LogP contribution in [0.2, 0.25) is 0 Å². The lowest BCUT2D eigenvalue weighted by molar-refractivity contribution is -0.137. The third kappa shape index (κ3) is 3.07. The summed E-state index contributed by atoms with van der Waals surface area (Å²) in [5.74, 6) is -0.000434. The number of hydrogen-bond donors (Lipinski definition) is 0. The van der Waals surface area contributed by atoms with Crippen molar-refractivity contribution in [2.45, 2.75) is 48.8 Å². The molecule has 3 rings (SSSR count). The van der Waals surface area contributed by atoms with E-state index in [1.54, 1.807) is 17.5 Å². The highest BCUT2D eigenvalue weighted by Crippen LogP contribution is 2.29. The second kappa shape index (κ2) is 6.68. The van der Waals surface area contributed by atoms with Gasteiger partial charge in [0.15, 0.2) is 0 Å². The highest BCUT2D eigenvalue weighted by atomic mass is 32.2. The summed E-state index contributed by atoms with van der Waals surface area (Å²) in [6, 6.07) is 2.85. The second-order valence-electron chi connectivity index (χ2n) is 5.95. The molecule has 2 fully saturated rings. The van der Waals surface area contributed by atoms with Crippen molar-refractivity contribution in [2.75, 3.05) is 19.6 Å². The molecule has 5 nitrogen and oxygen atoms in total. The summed E-state index contributed by atoms with van der Waals surface area (Å²) in [5.41, 5.74) is 0. The van der Waals surface area contributed by atoms with E-state index in [0.717, 1.165) is 45.2 Å². The number of nitrogens with zero attached hydrogens (tertiary/aromatic N) is 2. The van der Waals surface area contributed by atoms with Crippen LogP contribution in [-0.4, -0.2) is 49.2 Å². The van der Waals surface area contributed by atoms with Gasteiger partial charge in [-0.2, -0.15) is 4.31 Å². The van der Waals surface area contributed by atoms with Gasteiger partial charge >= 0.3 is 0 Å². The van der Waals surface area contributed by atoms with Crippen molar-refractivity contribution in [2.24, 2.45) is 0 Å². The van der Waals surface area contributed by atoms with Gasteiger partial charge in [-0.25, -0.2) is 8.42 Å². The molecule has 22 heavy (non-hydrogen) atoms. The summed E-state index contributed by atoms with van der Waals surface area (Å²) in [4.78, 5) is 14.7. The number of likely N-dealkylation sites (tertiary alicyclic amines) is 1. The van der Waals surface area contributed by atoms with Gasteiger partial charge < -0.3 is 4.90 Å². The van der Waals surface area contributed by atoms with Crippen LogP contribution < -0.4 is 0 Å². The first-order valence-electron chi connectivity index (χ1n) is 7.95. The summed E-state index contributed by atoms with van der Waals surface area (Å²) < 4.78 is 27.4. The Labute approximate surface area is 136 Å². The molecule has 1 aromatic rings. The number of hydrogen-bond acceptors (Lipinski definition) is 4. The van der Waals surface area contributed by atoms with Crippen LogP contribution in [0, 0.1) is 0 Å². The fourth-order valence-corrected chi connectivity index (χ4v) is 6.06.